The number of nitrogen functional groups attached to an aromatic ring is 1. The number of fused-ring (bicyclic) bond motifs is 1. The first-order chi connectivity index (χ1) is 20.2. The Kier molecular flexibility index (Phi) is 8.93. The number of carbonyl (C=O) groups is 2. The molecule has 4 rings (SSSR count). The van der Waals surface area contributed by atoms with Gasteiger partial charge in [0.25, 0.3) is 0 Å². The molecule has 3 aromatic heterocycles. The highest BCUT2D eigenvalue weighted by molar-refractivity contribution is 6.04. The average Bonchev–Trinajstić information content (AvgIpc) is 3.50. The number of benzene rings is 1. The predicted octanol–water partition coefficient (Wildman–Crippen LogP) is 5.97. The molecule has 43 heavy (non-hydrogen) atoms. The van der Waals surface area contributed by atoms with Gasteiger partial charge in [0, 0.05) is 24.7 Å². The van der Waals surface area contributed by atoms with Crippen molar-refractivity contribution in [3.05, 3.63) is 36.5 Å². The fraction of sp³-hybridized carbons (Fsp3) is 0.467. The van der Waals surface area contributed by atoms with Crippen LogP contribution >= 0.6 is 0 Å². The summed E-state index contributed by atoms with van der Waals surface area (Å²) in [4.78, 5) is 37.2. The highest BCUT2D eigenvalue weighted by Gasteiger charge is 2.31. The smallest absolute Gasteiger partial charge is 0.414 e. The molecule has 0 saturated carbocycles. The van der Waals surface area contributed by atoms with E-state index in [1.807, 2.05) is 48.7 Å². The number of amides is 2. The van der Waals surface area contributed by atoms with E-state index in [1.165, 1.54) is 4.90 Å². The molecule has 3 N–H and O–H groups in total. The second-order valence-electron chi connectivity index (χ2n) is 12.4. The molecule has 4 aromatic rings. The molecule has 13 heteroatoms. The van der Waals surface area contributed by atoms with Crippen LogP contribution in [-0.4, -0.2) is 61.3 Å². The second-order valence-corrected chi connectivity index (χ2v) is 12.4. The number of hydrogen-bond donors (Lipinski definition) is 2. The molecule has 0 aliphatic heterocycles. The van der Waals surface area contributed by atoms with Gasteiger partial charge in [-0.3, -0.25) is 9.88 Å². The maximum atomic E-state index is 13.7. The molecule has 2 amide bonds. The molecule has 0 saturated heterocycles. The zero-order valence-electron chi connectivity index (χ0n) is 26.0. The van der Waals surface area contributed by atoms with Gasteiger partial charge in [-0.1, -0.05) is 30.3 Å². The minimum Gasteiger partial charge on any atom is -0.444 e. The zero-order valence-corrected chi connectivity index (χ0v) is 26.0. The maximum Gasteiger partial charge on any atom is 0.414 e. The lowest BCUT2D eigenvalue weighted by Gasteiger charge is -2.28. The first-order valence-electron chi connectivity index (χ1n) is 14.2. The third-order valence-electron chi connectivity index (χ3n) is 6.11. The molecular formula is C30H40N8O5. The number of alkyl carbamates (subject to hydrolysis) is 1. The van der Waals surface area contributed by atoms with Crippen LogP contribution in [0.25, 0.3) is 33.8 Å². The third kappa shape index (κ3) is 7.40. The number of imidazole rings is 1. The van der Waals surface area contributed by atoms with Gasteiger partial charge >= 0.3 is 12.2 Å². The summed E-state index contributed by atoms with van der Waals surface area (Å²) in [6, 6.07) is 9.49. The van der Waals surface area contributed by atoms with Crippen LogP contribution in [0.15, 0.2) is 41.2 Å². The third-order valence-corrected chi connectivity index (χ3v) is 6.11. The number of hydrogen-bond acceptors (Lipinski definition) is 10. The summed E-state index contributed by atoms with van der Waals surface area (Å²) in [6.45, 7) is 15.2. The van der Waals surface area contributed by atoms with E-state index in [4.69, 9.17) is 29.8 Å². The molecular weight excluding hydrogens is 552 g/mol. The molecule has 0 bridgehead atoms. The van der Waals surface area contributed by atoms with Crippen molar-refractivity contribution in [1.29, 1.82) is 0 Å². The van der Waals surface area contributed by atoms with E-state index < -0.39 is 23.4 Å². The van der Waals surface area contributed by atoms with Crippen LogP contribution in [0.4, 0.5) is 21.1 Å². The molecule has 1 aromatic carbocycles. The summed E-state index contributed by atoms with van der Waals surface area (Å²) in [5.41, 5.74) is 8.10. The Labute approximate surface area is 250 Å². The van der Waals surface area contributed by atoms with Gasteiger partial charge in [0.2, 0.25) is 0 Å². The number of pyridine rings is 1. The lowest BCUT2D eigenvalue weighted by Crippen LogP contribution is -2.39. The first-order valence-corrected chi connectivity index (χ1v) is 14.2. The summed E-state index contributed by atoms with van der Waals surface area (Å²) in [7, 11) is 0. The summed E-state index contributed by atoms with van der Waals surface area (Å²) in [5.74, 6) is 0.510. The van der Waals surface area contributed by atoms with E-state index in [9.17, 15) is 9.59 Å². The first kappa shape index (κ1) is 31.3. The van der Waals surface area contributed by atoms with Gasteiger partial charge in [0.15, 0.2) is 17.3 Å². The maximum absolute atomic E-state index is 13.7. The van der Waals surface area contributed by atoms with Crippen LogP contribution in [0.3, 0.4) is 0 Å². The minimum atomic E-state index is -0.759. The van der Waals surface area contributed by atoms with Crippen molar-refractivity contribution in [3.8, 4) is 22.8 Å². The van der Waals surface area contributed by atoms with Gasteiger partial charge in [-0.25, -0.2) is 19.2 Å². The molecule has 0 fully saturated rings. The van der Waals surface area contributed by atoms with E-state index in [2.05, 4.69) is 15.6 Å². The Balaban J connectivity index is 1.85. The highest BCUT2D eigenvalue weighted by atomic mass is 16.6. The fourth-order valence-electron chi connectivity index (χ4n) is 4.48. The van der Waals surface area contributed by atoms with Crippen LogP contribution < -0.4 is 16.0 Å². The SMILES string of the molecule is CC(C)n1c(-c2nonc2N)nc2c(-c3ccccc3)ncc(N(CCCNC(=O)OC(C)(C)C)C(=O)OC(C)(C)C)c21. The largest absolute Gasteiger partial charge is 0.444 e. The normalized spacial score (nSPS) is 12.0. The Morgan fingerprint density at radius 3 is 2.28 bits per heavy atom. The molecule has 0 aliphatic rings. The molecule has 0 atom stereocenters. The quantitative estimate of drug-likeness (QED) is 0.233. The summed E-state index contributed by atoms with van der Waals surface area (Å²) in [5, 5.41) is 10.5. The number of nitrogens with zero attached hydrogens (tertiary/aromatic N) is 6. The number of carbonyl (C=O) groups excluding carboxylic acids is 2. The van der Waals surface area contributed by atoms with Gasteiger partial charge in [0.05, 0.1) is 23.1 Å². The van der Waals surface area contributed by atoms with Crippen LogP contribution in [0.2, 0.25) is 0 Å². The summed E-state index contributed by atoms with van der Waals surface area (Å²) in [6.07, 6.45) is 0.948. The van der Waals surface area contributed by atoms with Gasteiger partial charge in [0.1, 0.15) is 16.7 Å². The Hall–Kier alpha value is -4.68. The molecule has 13 nitrogen and oxygen atoms in total. The van der Waals surface area contributed by atoms with E-state index >= 15 is 0 Å². The van der Waals surface area contributed by atoms with Crippen molar-refractivity contribution >= 4 is 34.7 Å². The summed E-state index contributed by atoms with van der Waals surface area (Å²) < 4.78 is 18.0. The van der Waals surface area contributed by atoms with Crippen molar-refractivity contribution in [2.75, 3.05) is 23.7 Å². The molecule has 230 valence electrons. The highest BCUT2D eigenvalue weighted by Crippen LogP contribution is 2.39. The fourth-order valence-corrected chi connectivity index (χ4v) is 4.48. The van der Waals surface area contributed by atoms with Crippen LogP contribution in [0.5, 0.6) is 0 Å². The molecule has 0 radical (unpaired) electrons. The number of nitrogens with two attached hydrogens (primary N) is 1. The number of nitrogens with one attached hydrogen (secondary N) is 1. The van der Waals surface area contributed by atoms with Crippen LogP contribution in [-0.2, 0) is 9.47 Å². The van der Waals surface area contributed by atoms with Crippen molar-refractivity contribution < 1.29 is 23.7 Å². The zero-order chi connectivity index (χ0) is 31.5. The average molecular weight is 593 g/mol. The lowest BCUT2D eigenvalue weighted by molar-refractivity contribution is 0.0527. The van der Waals surface area contributed by atoms with E-state index in [0.29, 0.717) is 34.7 Å². The molecule has 0 aliphatic carbocycles. The van der Waals surface area contributed by atoms with Crippen molar-refractivity contribution in [3.63, 3.8) is 0 Å². The Morgan fingerprint density at radius 2 is 1.70 bits per heavy atom. The molecule has 0 spiro atoms. The van der Waals surface area contributed by atoms with E-state index in [-0.39, 0.29) is 30.6 Å². The predicted molar refractivity (Wildman–Crippen MR) is 163 cm³/mol. The van der Waals surface area contributed by atoms with Gasteiger partial charge in [-0.2, -0.15) is 0 Å². The lowest BCUT2D eigenvalue weighted by atomic mass is 10.1. The van der Waals surface area contributed by atoms with Gasteiger partial charge in [-0.05, 0) is 72.1 Å². The van der Waals surface area contributed by atoms with Crippen LogP contribution in [0.1, 0.15) is 67.9 Å². The standard InChI is InChI=1S/C30H40N8O5/c1-18(2)38-24-20(37(28(40)42-30(6,7)8)16-12-15-32-27(39)41-29(3,4)5)17-33-21(19-13-10-9-11-14-19)22(24)34-26(38)23-25(31)36-43-35-23/h9-11,13-14,17-18H,12,15-16H2,1-8H3,(H2,31,36)(H,32,39). The number of aromatic nitrogens is 5. The Bertz CT molecular complexity index is 1580. The summed E-state index contributed by atoms with van der Waals surface area (Å²) >= 11 is 0. The molecule has 0 unspecified atom stereocenters. The van der Waals surface area contributed by atoms with Crippen LogP contribution in [0, 0.1) is 0 Å². The number of rotatable bonds is 8. The minimum absolute atomic E-state index is 0.0881. The number of anilines is 2. The van der Waals surface area contributed by atoms with Crippen molar-refractivity contribution in [1.82, 2.24) is 30.2 Å². The topological polar surface area (TPSA) is 164 Å². The van der Waals surface area contributed by atoms with E-state index in [0.717, 1.165) is 5.56 Å². The van der Waals surface area contributed by atoms with E-state index in [1.54, 1.807) is 47.7 Å². The van der Waals surface area contributed by atoms with Crippen molar-refractivity contribution in [2.24, 2.45) is 0 Å². The van der Waals surface area contributed by atoms with Gasteiger partial charge < -0.3 is 25.1 Å². The Morgan fingerprint density at radius 1 is 1.02 bits per heavy atom. The monoisotopic (exact) mass is 592 g/mol. The van der Waals surface area contributed by atoms with Crippen molar-refractivity contribution in [2.45, 2.75) is 79.1 Å². The van der Waals surface area contributed by atoms with Gasteiger partial charge in [-0.15, -0.1) is 0 Å². The second kappa shape index (κ2) is 12.3. The molecule has 3 heterocycles. The number of ether oxygens (including phenoxy) is 2.